The molecule has 98 valence electrons. The van der Waals surface area contributed by atoms with E-state index in [0.717, 1.165) is 11.3 Å². The van der Waals surface area contributed by atoms with Crippen LogP contribution in [0, 0.1) is 6.92 Å². The van der Waals surface area contributed by atoms with E-state index in [4.69, 9.17) is 0 Å². The first kappa shape index (κ1) is 13.0. The summed E-state index contributed by atoms with van der Waals surface area (Å²) in [6.07, 6.45) is 4.95. The van der Waals surface area contributed by atoms with Gasteiger partial charge in [0.05, 0.1) is 29.7 Å². The maximum atomic E-state index is 12.1. The van der Waals surface area contributed by atoms with E-state index in [9.17, 15) is 4.79 Å². The molecule has 0 aromatic carbocycles. The molecule has 2 aromatic heterocycles. The van der Waals surface area contributed by atoms with Gasteiger partial charge in [0.2, 0.25) is 0 Å². The molecule has 0 saturated carbocycles. The molecular weight excluding hydrogens is 240 g/mol. The van der Waals surface area contributed by atoms with E-state index in [0.29, 0.717) is 17.8 Å². The Morgan fingerprint density at radius 2 is 2.16 bits per heavy atom. The van der Waals surface area contributed by atoms with Crippen molar-refractivity contribution in [2.24, 2.45) is 0 Å². The van der Waals surface area contributed by atoms with E-state index in [1.165, 1.54) is 0 Å². The second-order valence-electron chi connectivity index (χ2n) is 4.12. The second-order valence-corrected chi connectivity index (χ2v) is 4.12. The van der Waals surface area contributed by atoms with Crippen molar-refractivity contribution in [1.82, 2.24) is 15.3 Å². The Morgan fingerprint density at radius 1 is 1.32 bits per heavy atom. The van der Waals surface area contributed by atoms with Crippen LogP contribution in [-0.4, -0.2) is 22.9 Å². The molecule has 0 unspecified atom stereocenters. The number of carbonyl (C=O) groups is 1. The van der Waals surface area contributed by atoms with Crippen LogP contribution in [0.15, 0.2) is 36.8 Å². The third-order valence-corrected chi connectivity index (χ3v) is 2.87. The molecule has 0 saturated heterocycles. The van der Waals surface area contributed by atoms with E-state index in [2.05, 4.69) is 20.6 Å². The van der Waals surface area contributed by atoms with E-state index in [-0.39, 0.29) is 5.91 Å². The number of pyridine rings is 2. The Balaban J connectivity index is 2.08. The van der Waals surface area contributed by atoms with Crippen LogP contribution in [-0.2, 0) is 6.54 Å². The highest BCUT2D eigenvalue weighted by molar-refractivity contribution is 5.99. The lowest BCUT2D eigenvalue weighted by Gasteiger charge is -2.09. The van der Waals surface area contributed by atoms with E-state index < -0.39 is 0 Å². The fourth-order valence-corrected chi connectivity index (χ4v) is 1.75. The van der Waals surface area contributed by atoms with E-state index in [1.54, 1.807) is 31.7 Å². The molecule has 2 rings (SSSR count). The summed E-state index contributed by atoms with van der Waals surface area (Å²) in [5.41, 5.74) is 3.21. The third kappa shape index (κ3) is 3.07. The molecule has 0 aliphatic heterocycles. The van der Waals surface area contributed by atoms with Crippen LogP contribution in [0.1, 0.15) is 21.6 Å². The number of amides is 1. The maximum Gasteiger partial charge on any atom is 0.253 e. The normalized spacial score (nSPS) is 10.0. The van der Waals surface area contributed by atoms with Gasteiger partial charge in [0.25, 0.3) is 5.91 Å². The number of rotatable bonds is 4. The summed E-state index contributed by atoms with van der Waals surface area (Å²) < 4.78 is 0. The van der Waals surface area contributed by atoms with Crippen LogP contribution >= 0.6 is 0 Å². The molecular formula is C14H16N4O. The van der Waals surface area contributed by atoms with Crippen LogP contribution in [0.4, 0.5) is 5.69 Å². The zero-order valence-electron chi connectivity index (χ0n) is 11.0. The average molecular weight is 256 g/mol. The monoisotopic (exact) mass is 256 g/mol. The lowest BCUT2D eigenvalue weighted by molar-refractivity contribution is 0.0951. The molecule has 0 spiro atoms. The smallest absolute Gasteiger partial charge is 0.253 e. The van der Waals surface area contributed by atoms with Crippen LogP contribution in [0.3, 0.4) is 0 Å². The SMILES string of the molecule is CNc1cnccc1C(=O)NCc1ncccc1C. The Hall–Kier alpha value is -2.43. The van der Waals surface area contributed by atoms with Crippen LogP contribution < -0.4 is 10.6 Å². The minimum Gasteiger partial charge on any atom is -0.386 e. The van der Waals surface area contributed by atoms with Crippen molar-refractivity contribution in [3.63, 3.8) is 0 Å². The maximum absolute atomic E-state index is 12.1. The van der Waals surface area contributed by atoms with Crippen LogP contribution in [0.2, 0.25) is 0 Å². The molecule has 2 aromatic rings. The number of aromatic nitrogens is 2. The molecule has 0 bridgehead atoms. The van der Waals surface area contributed by atoms with Crippen molar-refractivity contribution in [3.8, 4) is 0 Å². The summed E-state index contributed by atoms with van der Waals surface area (Å²) in [5.74, 6) is -0.142. The lowest BCUT2D eigenvalue weighted by Crippen LogP contribution is -2.24. The van der Waals surface area contributed by atoms with Crippen LogP contribution in [0.25, 0.3) is 0 Å². The standard InChI is InChI=1S/C14H16N4O/c1-10-4-3-6-17-12(10)9-18-14(19)11-5-7-16-8-13(11)15-2/h3-8,15H,9H2,1-2H3,(H,18,19). The van der Waals surface area contributed by atoms with Gasteiger partial charge in [0.1, 0.15) is 0 Å². The Morgan fingerprint density at radius 3 is 2.89 bits per heavy atom. The summed E-state index contributed by atoms with van der Waals surface area (Å²) in [5, 5.41) is 5.81. The van der Waals surface area contributed by atoms with Crippen molar-refractivity contribution in [2.45, 2.75) is 13.5 Å². The number of hydrogen-bond donors (Lipinski definition) is 2. The average Bonchev–Trinajstić information content (AvgIpc) is 2.46. The molecule has 1 amide bonds. The number of hydrogen-bond acceptors (Lipinski definition) is 4. The Bertz CT molecular complexity index is 583. The number of nitrogens with zero attached hydrogens (tertiary/aromatic N) is 2. The minimum atomic E-state index is -0.142. The highest BCUT2D eigenvalue weighted by Gasteiger charge is 2.10. The molecule has 0 atom stereocenters. The number of anilines is 1. The summed E-state index contributed by atoms with van der Waals surface area (Å²) in [7, 11) is 1.76. The molecule has 19 heavy (non-hydrogen) atoms. The Kier molecular flexibility index (Phi) is 4.07. The van der Waals surface area contributed by atoms with Crippen molar-refractivity contribution < 1.29 is 4.79 Å². The van der Waals surface area contributed by atoms with Gasteiger partial charge in [-0.2, -0.15) is 0 Å². The molecule has 0 aliphatic carbocycles. The molecule has 0 fully saturated rings. The second kappa shape index (κ2) is 5.95. The first-order chi connectivity index (χ1) is 9.22. The third-order valence-electron chi connectivity index (χ3n) is 2.87. The van der Waals surface area contributed by atoms with Crippen molar-refractivity contribution in [2.75, 3.05) is 12.4 Å². The molecule has 0 radical (unpaired) electrons. The van der Waals surface area contributed by atoms with E-state index >= 15 is 0 Å². The van der Waals surface area contributed by atoms with Crippen molar-refractivity contribution in [1.29, 1.82) is 0 Å². The summed E-state index contributed by atoms with van der Waals surface area (Å²) in [4.78, 5) is 20.3. The lowest BCUT2D eigenvalue weighted by atomic mass is 10.2. The number of carbonyl (C=O) groups excluding carboxylic acids is 1. The van der Waals surface area contributed by atoms with Crippen molar-refractivity contribution in [3.05, 3.63) is 53.6 Å². The predicted octanol–water partition coefficient (Wildman–Crippen LogP) is 1.76. The predicted molar refractivity (Wildman–Crippen MR) is 73.9 cm³/mol. The molecule has 2 heterocycles. The van der Waals surface area contributed by atoms with Gasteiger partial charge in [-0.1, -0.05) is 6.07 Å². The minimum absolute atomic E-state index is 0.142. The quantitative estimate of drug-likeness (QED) is 0.874. The highest BCUT2D eigenvalue weighted by atomic mass is 16.1. The number of nitrogens with one attached hydrogen (secondary N) is 2. The van der Waals surface area contributed by atoms with Gasteiger partial charge in [-0.3, -0.25) is 14.8 Å². The van der Waals surface area contributed by atoms with Crippen molar-refractivity contribution >= 4 is 11.6 Å². The topological polar surface area (TPSA) is 66.9 Å². The number of aryl methyl sites for hydroxylation is 1. The summed E-state index contributed by atoms with van der Waals surface area (Å²) in [6, 6.07) is 5.54. The molecule has 2 N–H and O–H groups in total. The van der Waals surface area contributed by atoms with Gasteiger partial charge in [0.15, 0.2) is 0 Å². The largest absolute Gasteiger partial charge is 0.386 e. The fraction of sp³-hybridized carbons (Fsp3) is 0.214. The van der Waals surface area contributed by atoms with Gasteiger partial charge in [-0.15, -0.1) is 0 Å². The zero-order valence-corrected chi connectivity index (χ0v) is 11.0. The first-order valence-electron chi connectivity index (χ1n) is 6.03. The van der Waals surface area contributed by atoms with Gasteiger partial charge in [-0.25, -0.2) is 0 Å². The van der Waals surface area contributed by atoms with E-state index in [1.807, 2.05) is 19.1 Å². The Labute approximate surface area is 112 Å². The molecule has 0 aliphatic rings. The zero-order chi connectivity index (χ0) is 13.7. The first-order valence-corrected chi connectivity index (χ1v) is 6.03. The van der Waals surface area contributed by atoms with Crippen LogP contribution in [0.5, 0.6) is 0 Å². The van der Waals surface area contributed by atoms with Gasteiger partial charge in [0, 0.05) is 19.4 Å². The van der Waals surface area contributed by atoms with Gasteiger partial charge < -0.3 is 10.6 Å². The van der Waals surface area contributed by atoms with Gasteiger partial charge in [-0.05, 0) is 24.6 Å². The summed E-state index contributed by atoms with van der Waals surface area (Å²) >= 11 is 0. The van der Waals surface area contributed by atoms with Gasteiger partial charge >= 0.3 is 0 Å². The highest BCUT2D eigenvalue weighted by Crippen LogP contribution is 2.12. The summed E-state index contributed by atoms with van der Waals surface area (Å²) in [6.45, 7) is 2.39. The molecule has 5 heteroatoms. The molecule has 5 nitrogen and oxygen atoms in total. The fourth-order valence-electron chi connectivity index (χ4n) is 1.75.